The Morgan fingerprint density at radius 2 is 0.971 bits per heavy atom. The average Bonchev–Trinajstić information content (AvgIpc) is 3.28. The van der Waals surface area contributed by atoms with Crippen LogP contribution in [0.15, 0.2) is 23.8 Å². The standard InChI is InChI=1S/C29H50F2N2O2/c1-3-5-7-9-11-13-15-17-19-26(30)28(34)32-24-21-22-25(23-24)33-29(35)27(31)20-18-16-14-12-10-8-6-4-2/h19-20,24-25H,3-18,21-23H2,1-2H3,(H,32,34)(H,33,35)/b26-19-,27-20-/t24-,25+. The van der Waals surface area contributed by atoms with Crippen LogP contribution >= 0.6 is 0 Å². The first kappa shape index (κ1) is 31.3. The van der Waals surface area contributed by atoms with Gasteiger partial charge in [0.25, 0.3) is 11.8 Å². The number of hydrogen-bond acceptors (Lipinski definition) is 2. The molecule has 1 aliphatic carbocycles. The van der Waals surface area contributed by atoms with Gasteiger partial charge in [-0.15, -0.1) is 0 Å². The molecule has 2 atom stereocenters. The maximum atomic E-state index is 14.1. The molecule has 1 saturated carbocycles. The third-order valence-electron chi connectivity index (χ3n) is 6.80. The molecule has 6 heteroatoms. The van der Waals surface area contributed by atoms with Gasteiger partial charge in [0.1, 0.15) is 0 Å². The van der Waals surface area contributed by atoms with Crippen molar-refractivity contribution in [3.63, 3.8) is 0 Å². The summed E-state index contributed by atoms with van der Waals surface area (Å²) in [7, 11) is 0. The molecular formula is C29H50F2N2O2. The van der Waals surface area contributed by atoms with Gasteiger partial charge < -0.3 is 10.6 Å². The van der Waals surface area contributed by atoms with Crippen molar-refractivity contribution in [1.82, 2.24) is 10.6 Å². The number of allylic oxidation sites excluding steroid dienone is 2. The smallest absolute Gasteiger partial charge is 0.279 e. The Morgan fingerprint density at radius 3 is 1.34 bits per heavy atom. The van der Waals surface area contributed by atoms with Crippen LogP contribution in [0.25, 0.3) is 0 Å². The Labute approximate surface area is 212 Å². The molecule has 0 unspecified atom stereocenters. The summed E-state index contributed by atoms with van der Waals surface area (Å²) >= 11 is 0. The number of carbonyl (C=O) groups excluding carboxylic acids is 2. The van der Waals surface area contributed by atoms with Gasteiger partial charge in [-0.3, -0.25) is 9.59 Å². The lowest BCUT2D eigenvalue weighted by atomic mass is 10.1. The fourth-order valence-corrected chi connectivity index (χ4v) is 4.60. The normalized spacial score (nSPS) is 18.6. The van der Waals surface area contributed by atoms with Crippen molar-refractivity contribution in [2.75, 3.05) is 0 Å². The lowest BCUT2D eigenvalue weighted by Crippen LogP contribution is -2.37. The minimum absolute atomic E-state index is 0.203. The van der Waals surface area contributed by atoms with E-state index in [0.717, 1.165) is 38.5 Å². The fourth-order valence-electron chi connectivity index (χ4n) is 4.60. The lowest BCUT2D eigenvalue weighted by molar-refractivity contribution is -0.119. The molecule has 1 aliphatic rings. The first-order valence-corrected chi connectivity index (χ1v) is 14.3. The van der Waals surface area contributed by atoms with Gasteiger partial charge in [-0.2, -0.15) is 0 Å². The van der Waals surface area contributed by atoms with Crippen LogP contribution in [0, 0.1) is 0 Å². The number of amides is 2. The number of hydrogen-bond donors (Lipinski definition) is 2. The zero-order chi connectivity index (χ0) is 25.7. The highest BCUT2D eigenvalue weighted by Gasteiger charge is 2.28. The van der Waals surface area contributed by atoms with Crippen LogP contribution in [0.3, 0.4) is 0 Å². The van der Waals surface area contributed by atoms with E-state index in [4.69, 9.17) is 0 Å². The lowest BCUT2D eigenvalue weighted by Gasteiger charge is -2.14. The van der Waals surface area contributed by atoms with Gasteiger partial charge in [-0.05, 0) is 57.1 Å². The van der Waals surface area contributed by atoms with E-state index in [1.54, 1.807) is 0 Å². The molecule has 1 rings (SSSR count). The molecule has 1 fully saturated rings. The molecule has 4 nitrogen and oxygen atoms in total. The summed E-state index contributed by atoms with van der Waals surface area (Å²) in [5.41, 5.74) is 0. The number of nitrogens with one attached hydrogen (secondary N) is 2. The van der Waals surface area contributed by atoms with E-state index < -0.39 is 23.5 Å². The first-order valence-electron chi connectivity index (χ1n) is 14.3. The molecule has 0 spiro atoms. The van der Waals surface area contributed by atoms with Crippen LogP contribution in [0.5, 0.6) is 0 Å². The Balaban J connectivity index is 2.19. The Hall–Kier alpha value is -1.72. The maximum absolute atomic E-state index is 14.1. The van der Waals surface area contributed by atoms with Gasteiger partial charge in [-0.25, -0.2) is 8.78 Å². The summed E-state index contributed by atoms with van der Waals surface area (Å²) in [6.07, 6.45) is 21.8. The van der Waals surface area contributed by atoms with Crippen LogP contribution in [-0.2, 0) is 9.59 Å². The van der Waals surface area contributed by atoms with Crippen molar-refractivity contribution in [2.24, 2.45) is 0 Å². The number of carbonyl (C=O) groups is 2. The minimum atomic E-state index is -0.734. The minimum Gasteiger partial charge on any atom is -0.347 e. The first-order chi connectivity index (χ1) is 17.0. The van der Waals surface area contributed by atoms with Crippen LogP contribution in [-0.4, -0.2) is 23.9 Å². The molecule has 0 aromatic rings. The second-order valence-electron chi connectivity index (χ2n) is 10.1. The van der Waals surface area contributed by atoms with Crippen molar-refractivity contribution >= 4 is 11.8 Å². The number of rotatable bonds is 20. The Kier molecular flexibility index (Phi) is 18.3. The summed E-state index contributed by atoms with van der Waals surface area (Å²) in [6.45, 7) is 4.38. The summed E-state index contributed by atoms with van der Waals surface area (Å²) in [5, 5.41) is 5.42. The van der Waals surface area contributed by atoms with Gasteiger partial charge in [0.2, 0.25) is 0 Å². The molecule has 0 radical (unpaired) electrons. The molecule has 0 aromatic carbocycles. The summed E-state index contributed by atoms with van der Waals surface area (Å²) in [6, 6.07) is -0.407. The monoisotopic (exact) mass is 496 g/mol. The molecule has 2 N–H and O–H groups in total. The zero-order valence-electron chi connectivity index (χ0n) is 22.3. The second kappa shape index (κ2) is 20.5. The Bertz CT molecular complexity index is 595. The second-order valence-corrected chi connectivity index (χ2v) is 10.1. The molecule has 2 amide bonds. The molecule has 202 valence electrons. The third-order valence-corrected chi connectivity index (χ3v) is 6.80. The maximum Gasteiger partial charge on any atom is 0.279 e. The average molecular weight is 497 g/mol. The quantitative estimate of drug-likeness (QED) is 0.132. The predicted octanol–water partition coefficient (Wildman–Crippen LogP) is 8.13. The molecular weight excluding hydrogens is 446 g/mol. The number of halogens is 2. The molecule has 0 bridgehead atoms. The summed E-state index contributed by atoms with van der Waals surface area (Å²) < 4.78 is 28.2. The SMILES string of the molecule is CCCCCCCCC/C=C(\F)C(=O)N[C@@H]1CC[C@H](NC(=O)/C(F)=C/CCCCCCCCC)C1. The van der Waals surface area contributed by atoms with E-state index in [-0.39, 0.29) is 12.1 Å². The van der Waals surface area contributed by atoms with Crippen LogP contribution in [0.4, 0.5) is 8.78 Å². The van der Waals surface area contributed by atoms with Crippen molar-refractivity contribution in [3.8, 4) is 0 Å². The van der Waals surface area contributed by atoms with Gasteiger partial charge >= 0.3 is 0 Å². The highest BCUT2D eigenvalue weighted by molar-refractivity contribution is 5.92. The summed E-state index contributed by atoms with van der Waals surface area (Å²) in [5.74, 6) is -2.85. The Morgan fingerprint density at radius 1 is 0.629 bits per heavy atom. The molecule has 0 saturated heterocycles. The van der Waals surface area contributed by atoms with Crippen molar-refractivity contribution in [3.05, 3.63) is 23.8 Å². The summed E-state index contributed by atoms with van der Waals surface area (Å²) in [4.78, 5) is 24.2. The molecule has 0 heterocycles. The van der Waals surface area contributed by atoms with E-state index in [9.17, 15) is 18.4 Å². The van der Waals surface area contributed by atoms with Gasteiger partial charge in [0, 0.05) is 12.1 Å². The predicted molar refractivity (Wildman–Crippen MR) is 141 cm³/mol. The van der Waals surface area contributed by atoms with Gasteiger partial charge in [0.05, 0.1) is 0 Å². The third kappa shape index (κ3) is 15.8. The van der Waals surface area contributed by atoms with Gasteiger partial charge in [0.15, 0.2) is 11.7 Å². The zero-order valence-corrected chi connectivity index (χ0v) is 22.3. The molecule has 0 aromatic heterocycles. The van der Waals surface area contributed by atoms with Crippen molar-refractivity contribution in [2.45, 2.75) is 148 Å². The van der Waals surface area contributed by atoms with Crippen molar-refractivity contribution in [1.29, 1.82) is 0 Å². The highest BCUT2D eigenvalue weighted by Crippen LogP contribution is 2.21. The number of unbranched alkanes of at least 4 members (excludes halogenated alkanes) is 14. The molecule has 35 heavy (non-hydrogen) atoms. The van der Waals surface area contributed by atoms with E-state index in [1.165, 1.54) is 63.5 Å². The van der Waals surface area contributed by atoms with E-state index >= 15 is 0 Å². The largest absolute Gasteiger partial charge is 0.347 e. The van der Waals surface area contributed by atoms with E-state index in [0.29, 0.717) is 32.1 Å². The highest BCUT2D eigenvalue weighted by atomic mass is 19.1. The molecule has 0 aliphatic heterocycles. The van der Waals surface area contributed by atoms with Gasteiger partial charge in [-0.1, -0.05) is 90.9 Å². The van der Waals surface area contributed by atoms with E-state index in [2.05, 4.69) is 24.5 Å². The fraction of sp³-hybridized carbons (Fsp3) is 0.793. The van der Waals surface area contributed by atoms with E-state index in [1.807, 2.05) is 0 Å². The van der Waals surface area contributed by atoms with Crippen molar-refractivity contribution < 1.29 is 18.4 Å². The van der Waals surface area contributed by atoms with Crippen LogP contribution < -0.4 is 10.6 Å². The topological polar surface area (TPSA) is 58.2 Å². The van der Waals surface area contributed by atoms with Crippen LogP contribution in [0.2, 0.25) is 0 Å². The van der Waals surface area contributed by atoms with Crippen LogP contribution in [0.1, 0.15) is 136 Å².